The molecule has 2 aliphatic heterocycles. The second kappa shape index (κ2) is 4.06. The second-order valence-corrected chi connectivity index (χ2v) is 5.39. The summed E-state index contributed by atoms with van der Waals surface area (Å²) in [6, 6.07) is 4.78. The first-order chi connectivity index (χ1) is 9.29. The van der Waals surface area contributed by atoms with Gasteiger partial charge in [-0.2, -0.15) is 0 Å². The van der Waals surface area contributed by atoms with Gasteiger partial charge in [-0.3, -0.25) is 9.78 Å². The summed E-state index contributed by atoms with van der Waals surface area (Å²) in [5, 5.41) is 7.50. The van der Waals surface area contributed by atoms with E-state index in [1.807, 2.05) is 6.07 Å². The zero-order chi connectivity index (χ0) is 12.8. The van der Waals surface area contributed by atoms with E-state index in [2.05, 4.69) is 15.6 Å². The molecule has 1 amide bonds. The molecule has 2 aromatic heterocycles. The highest BCUT2D eigenvalue weighted by molar-refractivity contribution is 5.95. The number of rotatable bonds is 2. The molecule has 4 rings (SSSR count). The molecule has 5 nitrogen and oxygen atoms in total. The second-order valence-electron chi connectivity index (χ2n) is 5.39. The standard InChI is InChI=1S/C14H15N3O2/c18-14(17-11-5-9-1-2-10(11)16-9)12-6-13-8(7-15-12)3-4-19-13/h3-4,6-7,9-11,16H,1-2,5H2,(H,17,18)/t9?,10?,11-/m1/s1. The number of carbonyl (C=O) groups is 1. The van der Waals surface area contributed by atoms with E-state index in [1.165, 1.54) is 6.42 Å². The summed E-state index contributed by atoms with van der Waals surface area (Å²) in [6.45, 7) is 0. The average Bonchev–Trinajstić information content (AvgIpc) is 3.13. The molecule has 19 heavy (non-hydrogen) atoms. The van der Waals surface area contributed by atoms with Crippen LogP contribution in [0.15, 0.2) is 29.0 Å². The number of pyridine rings is 1. The van der Waals surface area contributed by atoms with Crippen LogP contribution in [0.5, 0.6) is 0 Å². The number of aromatic nitrogens is 1. The summed E-state index contributed by atoms with van der Waals surface area (Å²) < 4.78 is 5.30. The minimum Gasteiger partial charge on any atom is -0.464 e. The Bertz CT molecular complexity index is 636. The number of nitrogens with one attached hydrogen (secondary N) is 2. The fourth-order valence-corrected chi connectivity index (χ4v) is 3.21. The lowest BCUT2D eigenvalue weighted by atomic mass is 9.95. The lowest BCUT2D eigenvalue weighted by Gasteiger charge is -2.21. The van der Waals surface area contributed by atoms with E-state index < -0.39 is 0 Å². The van der Waals surface area contributed by atoms with Gasteiger partial charge in [-0.1, -0.05) is 0 Å². The van der Waals surface area contributed by atoms with Crippen LogP contribution in [0, 0.1) is 0 Å². The first-order valence-electron chi connectivity index (χ1n) is 6.70. The molecule has 0 saturated carbocycles. The van der Waals surface area contributed by atoms with Crippen molar-refractivity contribution in [2.75, 3.05) is 0 Å². The zero-order valence-electron chi connectivity index (χ0n) is 10.4. The topological polar surface area (TPSA) is 67.2 Å². The predicted molar refractivity (Wildman–Crippen MR) is 69.8 cm³/mol. The van der Waals surface area contributed by atoms with E-state index in [0.29, 0.717) is 23.4 Å². The first-order valence-corrected chi connectivity index (χ1v) is 6.70. The van der Waals surface area contributed by atoms with Gasteiger partial charge < -0.3 is 15.1 Å². The maximum atomic E-state index is 12.2. The number of hydrogen-bond donors (Lipinski definition) is 2. The predicted octanol–water partition coefficient (Wildman–Crippen LogP) is 1.45. The van der Waals surface area contributed by atoms with Crippen molar-refractivity contribution in [3.63, 3.8) is 0 Å². The summed E-state index contributed by atoms with van der Waals surface area (Å²) in [7, 11) is 0. The zero-order valence-corrected chi connectivity index (χ0v) is 10.4. The van der Waals surface area contributed by atoms with Crippen molar-refractivity contribution in [2.24, 2.45) is 0 Å². The molecule has 2 unspecified atom stereocenters. The van der Waals surface area contributed by atoms with Gasteiger partial charge in [0.1, 0.15) is 11.3 Å². The molecule has 0 radical (unpaired) electrons. The lowest BCUT2D eigenvalue weighted by molar-refractivity contribution is 0.0926. The van der Waals surface area contributed by atoms with Gasteiger partial charge in [0, 0.05) is 35.8 Å². The van der Waals surface area contributed by atoms with E-state index in [1.54, 1.807) is 18.5 Å². The summed E-state index contributed by atoms with van der Waals surface area (Å²) in [5.74, 6) is -0.113. The van der Waals surface area contributed by atoms with Crippen molar-refractivity contribution in [3.05, 3.63) is 30.3 Å². The molecular formula is C14H15N3O2. The number of amides is 1. The fourth-order valence-electron chi connectivity index (χ4n) is 3.21. The Morgan fingerprint density at radius 3 is 3.21 bits per heavy atom. The van der Waals surface area contributed by atoms with Crippen molar-refractivity contribution in [1.29, 1.82) is 0 Å². The van der Waals surface area contributed by atoms with Crippen LogP contribution in [0.1, 0.15) is 29.8 Å². The largest absolute Gasteiger partial charge is 0.464 e. The van der Waals surface area contributed by atoms with Gasteiger partial charge in [0.2, 0.25) is 0 Å². The average molecular weight is 257 g/mol. The molecular weight excluding hydrogens is 242 g/mol. The van der Waals surface area contributed by atoms with Gasteiger partial charge >= 0.3 is 0 Å². The minimum absolute atomic E-state index is 0.113. The van der Waals surface area contributed by atoms with E-state index in [-0.39, 0.29) is 11.9 Å². The quantitative estimate of drug-likeness (QED) is 0.854. The maximum absolute atomic E-state index is 12.2. The molecule has 0 aromatic carbocycles. The molecule has 2 saturated heterocycles. The molecule has 3 atom stereocenters. The summed E-state index contributed by atoms with van der Waals surface area (Å²) in [4.78, 5) is 16.4. The van der Waals surface area contributed by atoms with Gasteiger partial charge in [0.15, 0.2) is 0 Å². The lowest BCUT2D eigenvalue weighted by Crippen LogP contribution is -2.43. The normalized spacial score (nSPS) is 28.9. The van der Waals surface area contributed by atoms with Crippen LogP contribution >= 0.6 is 0 Å². The number of hydrogen-bond acceptors (Lipinski definition) is 4. The first kappa shape index (κ1) is 11.0. The molecule has 0 aliphatic carbocycles. The van der Waals surface area contributed by atoms with Crippen molar-refractivity contribution >= 4 is 16.9 Å². The Morgan fingerprint density at radius 2 is 2.42 bits per heavy atom. The van der Waals surface area contributed by atoms with Crippen LogP contribution in [0.25, 0.3) is 11.0 Å². The number of carbonyl (C=O) groups excluding carboxylic acids is 1. The van der Waals surface area contributed by atoms with Crippen molar-refractivity contribution < 1.29 is 9.21 Å². The number of nitrogens with zero attached hydrogens (tertiary/aromatic N) is 1. The highest BCUT2D eigenvalue weighted by atomic mass is 16.3. The third kappa shape index (κ3) is 1.81. The molecule has 98 valence electrons. The van der Waals surface area contributed by atoms with Crippen LogP contribution in [0.4, 0.5) is 0 Å². The Kier molecular flexibility index (Phi) is 2.35. The molecule has 5 heteroatoms. The van der Waals surface area contributed by atoms with Gasteiger partial charge in [0.25, 0.3) is 5.91 Å². The molecule has 4 heterocycles. The van der Waals surface area contributed by atoms with Crippen molar-refractivity contribution in [3.8, 4) is 0 Å². The number of fused-ring (bicyclic) bond motifs is 3. The third-order valence-electron chi connectivity index (χ3n) is 4.19. The van der Waals surface area contributed by atoms with E-state index in [0.717, 1.165) is 18.2 Å². The highest BCUT2D eigenvalue weighted by Gasteiger charge is 2.39. The van der Waals surface area contributed by atoms with Gasteiger partial charge in [0.05, 0.1) is 6.26 Å². The van der Waals surface area contributed by atoms with Crippen LogP contribution in [-0.2, 0) is 0 Å². The summed E-state index contributed by atoms with van der Waals surface area (Å²) >= 11 is 0. The minimum atomic E-state index is -0.113. The molecule has 2 N–H and O–H groups in total. The van der Waals surface area contributed by atoms with Crippen LogP contribution in [0.2, 0.25) is 0 Å². The monoisotopic (exact) mass is 257 g/mol. The van der Waals surface area contributed by atoms with Crippen LogP contribution in [0.3, 0.4) is 0 Å². The molecule has 2 aliphatic rings. The highest BCUT2D eigenvalue weighted by Crippen LogP contribution is 2.28. The Labute approximate surface area is 110 Å². The third-order valence-corrected chi connectivity index (χ3v) is 4.19. The van der Waals surface area contributed by atoms with Gasteiger partial charge in [-0.05, 0) is 25.3 Å². The molecule has 2 bridgehead atoms. The Morgan fingerprint density at radius 1 is 1.47 bits per heavy atom. The van der Waals surface area contributed by atoms with Gasteiger partial charge in [-0.25, -0.2) is 0 Å². The summed E-state index contributed by atoms with van der Waals surface area (Å²) in [5.41, 5.74) is 1.12. The van der Waals surface area contributed by atoms with Crippen molar-refractivity contribution in [1.82, 2.24) is 15.6 Å². The summed E-state index contributed by atoms with van der Waals surface area (Å²) in [6.07, 6.45) is 6.69. The molecule has 0 spiro atoms. The maximum Gasteiger partial charge on any atom is 0.270 e. The Balaban J connectivity index is 1.53. The van der Waals surface area contributed by atoms with Crippen LogP contribution < -0.4 is 10.6 Å². The molecule has 2 fully saturated rings. The van der Waals surface area contributed by atoms with Crippen molar-refractivity contribution in [2.45, 2.75) is 37.4 Å². The van der Waals surface area contributed by atoms with E-state index in [4.69, 9.17) is 4.42 Å². The van der Waals surface area contributed by atoms with E-state index in [9.17, 15) is 4.79 Å². The smallest absolute Gasteiger partial charge is 0.270 e. The number of furan rings is 1. The van der Waals surface area contributed by atoms with E-state index >= 15 is 0 Å². The fraction of sp³-hybridized carbons (Fsp3) is 0.429. The van der Waals surface area contributed by atoms with Crippen LogP contribution in [-0.4, -0.2) is 29.0 Å². The van der Waals surface area contributed by atoms with Gasteiger partial charge in [-0.15, -0.1) is 0 Å². The molecule has 2 aromatic rings. The Hall–Kier alpha value is -1.88. The SMILES string of the molecule is O=C(N[C@@H]1CC2CCC1N2)c1cc2occc2cn1.